The molecule has 0 atom stereocenters. The Balaban J connectivity index is 1.04. The molecule has 1 aromatic heterocycles. The van der Waals surface area contributed by atoms with Gasteiger partial charge < -0.3 is 15.1 Å². The van der Waals surface area contributed by atoms with E-state index in [0.29, 0.717) is 16.8 Å². The van der Waals surface area contributed by atoms with Crippen LogP contribution < -0.4 is 5.32 Å². The van der Waals surface area contributed by atoms with Crippen LogP contribution in [0.4, 0.5) is 5.69 Å². The van der Waals surface area contributed by atoms with Gasteiger partial charge in [-0.15, -0.1) is 11.3 Å². The summed E-state index contributed by atoms with van der Waals surface area (Å²) in [5, 5.41) is 5.87. The van der Waals surface area contributed by atoms with Crippen molar-refractivity contribution >= 4 is 28.8 Å². The topological polar surface area (TPSA) is 65.5 Å². The summed E-state index contributed by atoms with van der Waals surface area (Å²) in [6, 6.07) is 6.11. The van der Waals surface area contributed by atoms with Crippen molar-refractivity contribution in [2.45, 2.75) is 38.5 Å². The monoisotopic (exact) mass is 438 g/mol. The number of rotatable bonds is 5. The number of aryl methyl sites for hydroxylation is 1. The van der Waals surface area contributed by atoms with Crippen LogP contribution in [-0.4, -0.2) is 59.3 Å². The first-order chi connectivity index (χ1) is 15.2. The smallest absolute Gasteiger partial charge is 0.282 e. The Morgan fingerprint density at radius 2 is 1.87 bits per heavy atom. The predicted molar refractivity (Wildman–Crippen MR) is 123 cm³/mol. The molecule has 0 spiro atoms. The number of anilines is 1. The van der Waals surface area contributed by atoms with Gasteiger partial charge in [-0.1, -0.05) is 0 Å². The maximum absolute atomic E-state index is 12.8. The Morgan fingerprint density at radius 3 is 2.65 bits per heavy atom. The van der Waals surface area contributed by atoms with Crippen LogP contribution in [0.2, 0.25) is 0 Å². The third-order valence-corrected chi connectivity index (χ3v) is 7.80. The molecule has 2 amide bonds. The predicted octanol–water partition coefficient (Wildman–Crippen LogP) is 3.91. The average molecular weight is 439 g/mol. The van der Waals surface area contributed by atoms with E-state index in [4.69, 9.17) is 0 Å². The highest BCUT2D eigenvalue weighted by atomic mass is 32.1. The van der Waals surface area contributed by atoms with Crippen molar-refractivity contribution in [2.24, 2.45) is 11.8 Å². The second-order valence-corrected chi connectivity index (χ2v) is 10.0. The zero-order valence-corrected chi connectivity index (χ0v) is 18.7. The highest BCUT2D eigenvalue weighted by Crippen LogP contribution is 2.30. The lowest BCUT2D eigenvalue weighted by Gasteiger charge is -2.40. The molecule has 6 nitrogen and oxygen atoms in total. The SMILES string of the molecule is O=C(c1ccc2c(c1)CCCN2)N1CC(CCC2CCN(C(=O)c3nccs3)CC2)C1. The number of benzene rings is 1. The number of nitrogens with one attached hydrogen (secondary N) is 1. The fourth-order valence-corrected chi connectivity index (χ4v) is 5.67. The molecule has 1 aromatic carbocycles. The van der Waals surface area contributed by atoms with E-state index in [1.165, 1.54) is 35.4 Å². The lowest BCUT2D eigenvalue weighted by Crippen LogP contribution is -2.50. The number of hydrogen-bond acceptors (Lipinski definition) is 5. The molecule has 0 aliphatic carbocycles. The van der Waals surface area contributed by atoms with Crippen molar-refractivity contribution in [3.8, 4) is 0 Å². The molecule has 31 heavy (non-hydrogen) atoms. The molecule has 164 valence electrons. The summed E-state index contributed by atoms with van der Waals surface area (Å²) in [5.41, 5.74) is 3.29. The molecule has 0 unspecified atom stereocenters. The van der Waals surface area contributed by atoms with Gasteiger partial charge in [-0.3, -0.25) is 9.59 Å². The normalized spacial score (nSPS) is 19.5. The van der Waals surface area contributed by atoms with Crippen LogP contribution in [-0.2, 0) is 6.42 Å². The fourth-order valence-electron chi connectivity index (χ4n) is 5.07. The lowest BCUT2D eigenvalue weighted by molar-refractivity contribution is 0.0461. The standard InChI is InChI=1S/C24H30N4O2S/c29-23(20-5-6-21-19(14-20)2-1-9-25-21)28-15-18(16-28)4-3-17-7-11-27(12-8-17)24(30)22-26-10-13-31-22/h5-6,10,13-14,17-18,25H,1-4,7-9,11-12,15-16H2. The summed E-state index contributed by atoms with van der Waals surface area (Å²) in [6.45, 7) is 4.47. The third-order valence-electron chi connectivity index (χ3n) is 7.04. The van der Waals surface area contributed by atoms with E-state index < -0.39 is 0 Å². The van der Waals surface area contributed by atoms with Gasteiger partial charge in [0.15, 0.2) is 5.01 Å². The van der Waals surface area contributed by atoms with Crippen molar-refractivity contribution in [3.63, 3.8) is 0 Å². The maximum Gasteiger partial charge on any atom is 0.282 e. The molecule has 0 bridgehead atoms. The molecular weight excluding hydrogens is 408 g/mol. The van der Waals surface area contributed by atoms with Crippen molar-refractivity contribution in [3.05, 3.63) is 45.9 Å². The van der Waals surface area contributed by atoms with Crippen LogP contribution in [0.1, 0.15) is 57.8 Å². The van der Waals surface area contributed by atoms with Gasteiger partial charge >= 0.3 is 0 Å². The quantitative estimate of drug-likeness (QED) is 0.769. The minimum atomic E-state index is 0.0829. The van der Waals surface area contributed by atoms with Crippen LogP contribution in [0.15, 0.2) is 29.8 Å². The lowest BCUT2D eigenvalue weighted by atomic mass is 9.85. The van der Waals surface area contributed by atoms with E-state index in [2.05, 4.69) is 22.4 Å². The zero-order chi connectivity index (χ0) is 21.2. The molecule has 2 fully saturated rings. The number of amides is 2. The minimum Gasteiger partial charge on any atom is -0.385 e. The molecular formula is C24H30N4O2S. The highest BCUT2D eigenvalue weighted by Gasteiger charge is 2.32. The van der Waals surface area contributed by atoms with Gasteiger partial charge in [-0.05, 0) is 74.1 Å². The van der Waals surface area contributed by atoms with Gasteiger partial charge in [-0.2, -0.15) is 0 Å². The van der Waals surface area contributed by atoms with E-state index in [1.807, 2.05) is 21.2 Å². The number of piperidine rings is 1. The Bertz CT molecular complexity index is 931. The fraction of sp³-hybridized carbons (Fsp3) is 0.542. The third kappa shape index (κ3) is 4.47. The molecule has 3 aliphatic rings. The molecule has 0 radical (unpaired) electrons. The summed E-state index contributed by atoms with van der Waals surface area (Å²) in [6.07, 6.45) is 8.43. The summed E-state index contributed by atoms with van der Waals surface area (Å²) in [5.74, 6) is 1.58. The van der Waals surface area contributed by atoms with Crippen molar-refractivity contribution in [1.82, 2.24) is 14.8 Å². The first-order valence-electron chi connectivity index (χ1n) is 11.5. The molecule has 4 heterocycles. The van der Waals surface area contributed by atoms with E-state index in [-0.39, 0.29) is 11.8 Å². The van der Waals surface area contributed by atoms with Crippen LogP contribution in [0.25, 0.3) is 0 Å². The number of nitrogens with zero attached hydrogens (tertiary/aromatic N) is 3. The van der Waals surface area contributed by atoms with Crippen LogP contribution in [0, 0.1) is 11.8 Å². The van der Waals surface area contributed by atoms with Gasteiger partial charge in [0.25, 0.3) is 11.8 Å². The van der Waals surface area contributed by atoms with Gasteiger partial charge in [-0.25, -0.2) is 4.98 Å². The largest absolute Gasteiger partial charge is 0.385 e. The number of aromatic nitrogens is 1. The molecule has 1 N–H and O–H groups in total. The first kappa shape index (κ1) is 20.5. The summed E-state index contributed by atoms with van der Waals surface area (Å²) < 4.78 is 0. The van der Waals surface area contributed by atoms with E-state index in [0.717, 1.165) is 64.0 Å². The Kier molecular flexibility index (Phi) is 5.94. The summed E-state index contributed by atoms with van der Waals surface area (Å²) >= 11 is 1.42. The summed E-state index contributed by atoms with van der Waals surface area (Å²) in [4.78, 5) is 33.3. The molecule has 2 aromatic rings. The van der Waals surface area contributed by atoms with Gasteiger partial charge in [0.1, 0.15) is 0 Å². The Hall–Kier alpha value is -2.41. The zero-order valence-electron chi connectivity index (χ0n) is 17.9. The highest BCUT2D eigenvalue weighted by molar-refractivity contribution is 7.11. The molecule has 3 aliphatic heterocycles. The molecule has 7 heteroatoms. The Morgan fingerprint density at radius 1 is 1.06 bits per heavy atom. The second kappa shape index (κ2) is 8.99. The first-order valence-corrected chi connectivity index (χ1v) is 12.4. The van der Waals surface area contributed by atoms with Crippen molar-refractivity contribution in [1.29, 1.82) is 0 Å². The number of hydrogen-bond donors (Lipinski definition) is 1. The van der Waals surface area contributed by atoms with E-state index in [9.17, 15) is 9.59 Å². The number of carbonyl (C=O) groups excluding carboxylic acids is 2. The average Bonchev–Trinajstić information content (AvgIpc) is 3.32. The van der Waals surface area contributed by atoms with Crippen molar-refractivity contribution in [2.75, 3.05) is 38.0 Å². The molecule has 5 rings (SSSR count). The number of fused-ring (bicyclic) bond motifs is 1. The van der Waals surface area contributed by atoms with Gasteiger partial charge in [0.05, 0.1) is 0 Å². The van der Waals surface area contributed by atoms with E-state index in [1.54, 1.807) is 6.20 Å². The van der Waals surface area contributed by atoms with Crippen LogP contribution in [0.3, 0.4) is 0 Å². The Labute approximate surface area is 187 Å². The summed E-state index contributed by atoms with van der Waals surface area (Å²) in [7, 11) is 0. The minimum absolute atomic E-state index is 0.0829. The van der Waals surface area contributed by atoms with Gasteiger partial charge in [0, 0.05) is 55.6 Å². The molecule has 2 saturated heterocycles. The molecule has 0 saturated carbocycles. The van der Waals surface area contributed by atoms with Crippen molar-refractivity contribution < 1.29 is 9.59 Å². The van der Waals surface area contributed by atoms with Crippen LogP contribution in [0.5, 0.6) is 0 Å². The maximum atomic E-state index is 12.8. The van der Waals surface area contributed by atoms with Gasteiger partial charge in [0.2, 0.25) is 0 Å². The number of thiazole rings is 1. The number of carbonyl (C=O) groups is 2. The number of likely N-dealkylation sites (tertiary alicyclic amines) is 2. The van der Waals surface area contributed by atoms with E-state index >= 15 is 0 Å². The second-order valence-electron chi connectivity index (χ2n) is 9.13. The van der Waals surface area contributed by atoms with Crippen LogP contribution >= 0.6 is 11.3 Å².